The smallest absolute Gasteiger partial charge is 0.277 e. The number of amides is 1. The molecule has 0 unspecified atom stereocenters. The number of methoxy groups -OCH3 is 1. The maximum atomic E-state index is 13.8. The van der Waals surface area contributed by atoms with Crippen molar-refractivity contribution in [2.45, 2.75) is 0 Å². The first-order valence-electron chi connectivity index (χ1n) is 6.73. The van der Waals surface area contributed by atoms with Crippen LogP contribution in [0.25, 0.3) is 11.3 Å². The van der Waals surface area contributed by atoms with Crippen LogP contribution in [-0.4, -0.2) is 28.2 Å². The maximum absolute atomic E-state index is 13.8. The van der Waals surface area contributed by atoms with E-state index in [1.165, 1.54) is 42.7 Å². The van der Waals surface area contributed by atoms with Crippen molar-refractivity contribution >= 4 is 22.4 Å². The van der Waals surface area contributed by atoms with E-state index in [0.29, 0.717) is 16.4 Å². The standard InChI is InChI=1S/C15H11FN4O3S/c1-23-12-4-2-8(6-9(12)16)11-7-24-15(17-11)18-14(22)10-3-5-13(21)20-19-10/h2-7H,1H3,(H,20,21)(H,17,18,22). The molecule has 122 valence electrons. The van der Waals surface area contributed by atoms with Crippen molar-refractivity contribution in [3.05, 3.63) is 57.6 Å². The Labute approximate surface area is 139 Å². The zero-order chi connectivity index (χ0) is 17.1. The fourth-order valence-corrected chi connectivity index (χ4v) is 2.64. The van der Waals surface area contributed by atoms with Crippen molar-refractivity contribution in [2.75, 3.05) is 12.4 Å². The monoisotopic (exact) mass is 346 g/mol. The summed E-state index contributed by atoms with van der Waals surface area (Å²) in [7, 11) is 1.39. The number of H-pyrrole nitrogens is 1. The van der Waals surface area contributed by atoms with E-state index in [0.717, 1.165) is 0 Å². The summed E-state index contributed by atoms with van der Waals surface area (Å²) in [6, 6.07) is 7.00. The number of nitrogens with zero attached hydrogens (tertiary/aromatic N) is 2. The molecule has 7 nitrogen and oxygen atoms in total. The van der Waals surface area contributed by atoms with Gasteiger partial charge in [0.25, 0.3) is 11.5 Å². The first kappa shape index (κ1) is 15.8. The van der Waals surface area contributed by atoms with Crippen molar-refractivity contribution in [3.63, 3.8) is 0 Å². The van der Waals surface area contributed by atoms with Gasteiger partial charge in [0.1, 0.15) is 5.69 Å². The fraction of sp³-hybridized carbons (Fsp3) is 0.0667. The number of carbonyl (C=O) groups excluding carboxylic acids is 1. The first-order valence-corrected chi connectivity index (χ1v) is 7.61. The fourth-order valence-electron chi connectivity index (χ4n) is 1.92. The molecule has 0 bridgehead atoms. The van der Waals surface area contributed by atoms with Crippen LogP contribution in [0, 0.1) is 5.82 Å². The summed E-state index contributed by atoms with van der Waals surface area (Å²) in [5.74, 6) is -0.856. The highest BCUT2D eigenvalue weighted by Crippen LogP contribution is 2.28. The number of hydrogen-bond acceptors (Lipinski definition) is 6. The minimum atomic E-state index is -0.506. The molecule has 0 spiro atoms. The number of nitrogens with one attached hydrogen (secondary N) is 2. The quantitative estimate of drug-likeness (QED) is 0.755. The molecule has 0 aliphatic heterocycles. The highest BCUT2D eigenvalue weighted by molar-refractivity contribution is 7.14. The average molecular weight is 346 g/mol. The zero-order valence-corrected chi connectivity index (χ0v) is 13.2. The number of thiazole rings is 1. The van der Waals surface area contributed by atoms with Crippen LogP contribution in [0.15, 0.2) is 40.5 Å². The number of carbonyl (C=O) groups is 1. The van der Waals surface area contributed by atoms with E-state index in [1.54, 1.807) is 11.4 Å². The molecule has 3 rings (SSSR count). The number of anilines is 1. The molecule has 0 aliphatic rings. The number of ether oxygens (including phenoxy) is 1. The molecule has 3 aromatic rings. The van der Waals surface area contributed by atoms with Gasteiger partial charge in [0.15, 0.2) is 16.7 Å². The highest BCUT2D eigenvalue weighted by Gasteiger charge is 2.12. The molecule has 9 heteroatoms. The van der Waals surface area contributed by atoms with Gasteiger partial charge in [0, 0.05) is 17.0 Å². The summed E-state index contributed by atoms with van der Waals surface area (Å²) in [5.41, 5.74) is 0.741. The molecule has 0 saturated heterocycles. The summed E-state index contributed by atoms with van der Waals surface area (Å²) in [4.78, 5) is 27.2. The minimum Gasteiger partial charge on any atom is -0.494 e. The zero-order valence-electron chi connectivity index (χ0n) is 12.4. The van der Waals surface area contributed by atoms with Gasteiger partial charge in [0.05, 0.1) is 12.8 Å². The van der Waals surface area contributed by atoms with Gasteiger partial charge in [-0.3, -0.25) is 14.9 Å². The third kappa shape index (κ3) is 3.30. The number of rotatable bonds is 4. The number of aromatic amines is 1. The van der Waals surface area contributed by atoms with E-state index >= 15 is 0 Å². The van der Waals surface area contributed by atoms with Crippen LogP contribution >= 0.6 is 11.3 Å². The van der Waals surface area contributed by atoms with Crippen LogP contribution < -0.4 is 15.6 Å². The first-order chi connectivity index (χ1) is 11.6. The van der Waals surface area contributed by atoms with E-state index in [4.69, 9.17) is 4.74 Å². The molecule has 2 N–H and O–H groups in total. The third-order valence-corrected chi connectivity index (χ3v) is 3.84. The van der Waals surface area contributed by atoms with Gasteiger partial charge >= 0.3 is 0 Å². The average Bonchev–Trinajstić information content (AvgIpc) is 3.04. The predicted octanol–water partition coefficient (Wildman–Crippen LogP) is 2.29. The lowest BCUT2D eigenvalue weighted by Crippen LogP contribution is -2.17. The molecule has 1 aromatic carbocycles. The lowest BCUT2D eigenvalue weighted by atomic mass is 10.1. The molecule has 24 heavy (non-hydrogen) atoms. The van der Waals surface area contributed by atoms with Gasteiger partial charge in [-0.2, -0.15) is 5.10 Å². The van der Waals surface area contributed by atoms with Crippen LogP contribution in [0.4, 0.5) is 9.52 Å². The molecule has 2 heterocycles. The third-order valence-electron chi connectivity index (χ3n) is 3.08. The molecule has 2 aromatic heterocycles. The molecule has 0 saturated carbocycles. The molecule has 0 fully saturated rings. The second-order valence-corrected chi connectivity index (χ2v) is 5.51. The van der Waals surface area contributed by atoms with E-state index in [1.807, 2.05) is 0 Å². The van der Waals surface area contributed by atoms with E-state index in [2.05, 4.69) is 20.5 Å². The Morgan fingerprint density at radius 1 is 1.33 bits per heavy atom. The molecule has 0 aliphatic carbocycles. The molecular weight excluding hydrogens is 335 g/mol. The SMILES string of the molecule is COc1ccc(-c2csc(NC(=O)c3ccc(=O)[nH]n3)n2)cc1F. The Morgan fingerprint density at radius 3 is 2.83 bits per heavy atom. The number of hydrogen-bond donors (Lipinski definition) is 2. The van der Waals surface area contributed by atoms with Crippen molar-refractivity contribution in [3.8, 4) is 17.0 Å². The van der Waals surface area contributed by atoms with Crippen molar-refractivity contribution in [2.24, 2.45) is 0 Å². The summed E-state index contributed by atoms with van der Waals surface area (Å²) in [5, 5.41) is 10.4. The highest BCUT2D eigenvalue weighted by atomic mass is 32.1. The van der Waals surface area contributed by atoms with Crippen molar-refractivity contribution in [1.29, 1.82) is 0 Å². The summed E-state index contributed by atoms with van der Waals surface area (Å²) < 4.78 is 18.6. The van der Waals surface area contributed by atoms with Crippen molar-refractivity contribution < 1.29 is 13.9 Å². The van der Waals surface area contributed by atoms with Crippen LogP contribution in [0.5, 0.6) is 5.75 Å². The molecule has 0 radical (unpaired) electrons. The van der Waals surface area contributed by atoms with E-state index in [-0.39, 0.29) is 11.4 Å². The summed E-state index contributed by atoms with van der Waals surface area (Å²) in [6.45, 7) is 0. The second kappa shape index (κ2) is 6.59. The lowest BCUT2D eigenvalue weighted by molar-refractivity contribution is 0.102. The van der Waals surface area contributed by atoms with Crippen LogP contribution in [0.1, 0.15) is 10.5 Å². The maximum Gasteiger partial charge on any atom is 0.277 e. The number of aromatic nitrogens is 3. The second-order valence-electron chi connectivity index (χ2n) is 4.65. The molecular formula is C15H11FN4O3S. The Hall–Kier alpha value is -3.07. The van der Waals surface area contributed by atoms with Crippen LogP contribution in [0.2, 0.25) is 0 Å². The van der Waals surface area contributed by atoms with Crippen molar-refractivity contribution in [1.82, 2.24) is 15.2 Å². The largest absolute Gasteiger partial charge is 0.494 e. The van der Waals surface area contributed by atoms with Crippen LogP contribution in [0.3, 0.4) is 0 Å². The molecule has 1 amide bonds. The van der Waals surface area contributed by atoms with Gasteiger partial charge < -0.3 is 4.74 Å². The van der Waals surface area contributed by atoms with Gasteiger partial charge in [-0.05, 0) is 24.3 Å². The Bertz CT molecular complexity index is 933. The van der Waals surface area contributed by atoms with E-state index in [9.17, 15) is 14.0 Å². The Kier molecular flexibility index (Phi) is 4.34. The summed E-state index contributed by atoms with van der Waals surface area (Å²) in [6.07, 6.45) is 0. The lowest BCUT2D eigenvalue weighted by Gasteiger charge is -2.03. The van der Waals surface area contributed by atoms with Gasteiger partial charge in [-0.15, -0.1) is 11.3 Å². The van der Waals surface area contributed by atoms with Gasteiger partial charge in [0.2, 0.25) is 0 Å². The number of halogens is 1. The van der Waals surface area contributed by atoms with Gasteiger partial charge in [-0.1, -0.05) is 0 Å². The van der Waals surface area contributed by atoms with Crippen LogP contribution in [-0.2, 0) is 0 Å². The van der Waals surface area contributed by atoms with Gasteiger partial charge in [-0.25, -0.2) is 14.5 Å². The molecule has 0 atom stereocenters. The normalized spacial score (nSPS) is 10.4. The predicted molar refractivity (Wildman–Crippen MR) is 86.9 cm³/mol. The number of benzene rings is 1. The van der Waals surface area contributed by atoms with E-state index < -0.39 is 17.3 Å². The minimum absolute atomic E-state index is 0.0573. The Morgan fingerprint density at radius 2 is 2.17 bits per heavy atom. The summed E-state index contributed by atoms with van der Waals surface area (Å²) >= 11 is 1.19. The Balaban J connectivity index is 1.78. The topological polar surface area (TPSA) is 97.0 Å².